The Morgan fingerprint density at radius 1 is 1.19 bits per heavy atom. The Hall–Kier alpha value is -2.27. The van der Waals surface area contributed by atoms with Crippen LogP contribution in [-0.4, -0.2) is 14.5 Å². The Balaban J connectivity index is 2.30. The van der Waals surface area contributed by atoms with Gasteiger partial charge in [0.25, 0.3) is 0 Å². The second-order valence-electron chi connectivity index (χ2n) is 4.83. The van der Waals surface area contributed by atoms with E-state index in [4.69, 9.17) is 0 Å². The summed E-state index contributed by atoms with van der Waals surface area (Å²) in [6.07, 6.45) is 1.35. The van der Waals surface area contributed by atoms with Crippen LogP contribution < -0.4 is 0 Å². The Kier molecular flexibility index (Phi) is 3.43. The molecule has 108 valence electrons. The average Bonchev–Trinajstić information content (AvgIpc) is 2.88. The van der Waals surface area contributed by atoms with E-state index in [-0.39, 0.29) is 11.5 Å². The Morgan fingerprint density at radius 3 is 2.57 bits per heavy atom. The zero-order valence-corrected chi connectivity index (χ0v) is 11.4. The van der Waals surface area contributed by atoms with Crippen LogP contribution in [0.15, 0.2) is 42.6 Å². The first-order chi connectivity index (χ1) is 10.1. The van der Waals surface area contributed by atoms with E-state index < -0.39 is 11.9 Å². The van der Waals surface area contributed by atoms with Gasteiger partial charge in [-0.15, -0.1) is 0 Å². The summed E-state index contributed by atoms with van der Waals surface area (Å²) in [6.45, 7) is 1.83. The number of nitrogens with zero attached hydrogens (tertiary/aromatic N) is 2. The molecule has 21 heavy (non-hydrogen) atoms. The van der Waals surface area contributed by atoms with Gasteiger partial charge >= 0.3 is 0 Å². The first-order valence-electron chi connectivity index (χ1n) is 6.72. The van der Waals surface area contributed by atoms with E-state index in [2.05, 4.69) is 4.98 Å². The minimum absolute atomic E-state index is 0.152. The molecule has 0 aliphatic rings. The van der Waals surface area contributed by atoms with Crippen molar-refractivity contribution < 1.29 is 13.9 Å². The molecule has 1 N–H and O–H groups in total. The summed E-state index contributed by atoms with van der Waals surface area (Å²) in [5.74, 6) is -0.818. The topological polar surface area (TPSA) is 37.5 Å². The molecule has 0 saturated carbocycles. The average molecular weight is 288 g/mol. The second-order valence-corrected chi connectivity index (χ2v) is 4.83. The van der Waals surface area contributed by atoms with Gasteiger partial charge in [0.2, 0.25) is 0 Å². The highest BCUT2D eigenvalue weighted by Crippen LogP contribution is 2.31. The SMILES string of the molecule is CCC(O)c1c(-c2ccc(F)cc2)nc2c(F)cccn12. The van der Waals surface area contributed by atoms with E-state index >= 15 is 0 Å². The highest BCUT2D eigenvalue weighted by molar-refractivity contribution is 5.67. The van der Waals surface area contributed by atoms with Crippen molar-refractivity contribution in [2.24, 2.45) is 0 Å². The maximum atomic E-state index is 13.9. The predicted molar refractivity (Wildman–Crippen MR) is 75.8 cm³/mol. The van der Waals surface area contributed by atoms with Crippen molar-refractivity contribution in [3.63, 3.8) is 0 Å². The van der Waals surface area contributed by atoms with Crippen LogP contribution >= 0.6 is 0 Å². The largest absolute Gasteiger partial charge is 0.387 e. The van der Waals surface area contributed by atoms with Crippen molar-refractivity contribution in [3.8, 4) is 11.3 Å². The van der Waals surface area contributed by atoms with Crippen LogP contribution in [0.5, 0.6) is 0 Å². The summed E-state index contributed by atoms with van der Waals surface area (Å²) in [7, 11) is 0. The molecule has 0 aliphatic heterocycles. The molecule has 0 fully saturated rings. The van der Waals surface area contributed by atoms with Gasteiger partial charge in [0, 0.05) is 11.8 Å². The molecule has 3 aromatic rings. The normalized spacial score (nSPS) is 12.8. The minimum Gasteiger partial charge on any atom is -0.387 e. The van der Waals surface area contributed by atoms with Crippen molar-refractivity contribution in [2.75, 3.05) is 0 Å². The molecule has 2 heterocycles. The van der Waals surface area contributed by atoms with Gasteiger partial charge < -0.3 is 5.11 Å². The minimum atomic E-state index is -0.776. The molecule has 5 heteroatoms. The molecule has 3 nitrogen and oxygen atoms in total. The maximum absolute atomic E-state index is 13.9. The summed E-state index contributed by atoms with van der Waals surface area (Å²) in [4.78, 5) is 4.29. The van der Waals surface area contributed by atoms with E-state index in [0.717, 1.165) is 0 Å². The molecule has 3 rings (SSSR count). The van der Waals surface area contributed by atoms with Crippen molar-refractivity contribution in [1.29, 1.82) is 0 Å². The van der Waals surface area contributed by atoms with Gasteiger partial charge in [0.15, 0.2) is 11.5 Å². The third-order valence-electron chi connectivity index (χ3n) is 3.46. The van der Waals surface area contributed by atoms with Crippen LogP contribution in [0.1, 0.15) is 25.1 Å². The van der Waals surface area contributed by atoms with E-state index in [1.165, 1.54) is 18.2 Å². The summed E-state index contributed by atoms with van der Waals surface area (Å²) in [6, 6.07) is 8.65. The molecular weight excluding hydrogens is 274 g/mol. The van der Waals surface area contributed by atoms with Gasteiger partial charge in [0.05, 0.1) is 17.5 Å². The lowest BCUT2D eigenvalue weighted by atomic mass is 10.1. The number of aliphatic hydroxyl groups is 1. The molecule has 0 bridgehead atoms. The van der Waals surface area contributed by atoms with Crippen molar-refractivity contribution in [2.45, 2.75) is 19.4 Å². The van der Waals surface area contributed by atoms with Crippen molar-refractivity contribution >= 4 is 5.65 Å². The third kappa shape index (κ3) is 2.29. The Bertz CT molecular complexity index is 781. The van der Waals surface area contributed by atoms with Gasteiger partial charge in [0.1, 0.15) is 5.82 Å². The number of hydrogen-bond donors (Lipinski definition) is 1. The quantitative estimate of drug-likeness (QED) is 0.797. The maximum Gasteiger partial charge on any atom is 0.174 e. The van der Waals surface area contributed by atoms with Crippen LogP contribution in [0.3, 0.4) is 0 Å². The molecule has 0 aliphatic carbocycles. The fourth-order valence-corrected chi connectivity index (χ4v) is 2.38. The zero-order valence-electron chi connectivity index (χ0n) is 11.4. The number of imidazole rings is 1. The molecule has 0 spiro atoms. The Labute approximate surface area is 120 Å². The lowest BCUT2D eigenvalue weighted by molar-refractivity contribution is 0.168. The van der Waals surface area contributed by atoms with Crippen LogP contribution in [0.4, 0.5) is 8.78 Å². The number of hydrogen-bond acceptors (Lipinski definition) is 2. The molecule has 0 radical (unpaired) electrons. The van der Waals surface area contributed by atoms with Gasteiger partial charge in [-0.25, -0.2) is 13.8 Å². The summed E-state index contributed by atoms with van der Waals surface area (Å²) in [5.41, 5.74) is 1.77. The number of benzene rings is 1. The zero-order chi connectivity index (χ0) is 15.0. The lowest BCUT2D eigenvalue weighted by Crippen LogP contribution is -2.02. The van der Waals surface area contributed by atoms with Gasteiger partial charge in [-0.1, -0.05) is 6.92 Å². The standard InChI is InChI=1S/C16H14F2N2O/c1-2-13(21)15-14(10-5-7-11(17)8-6-10)19-16-12(18)4-3-9-20(15)16/h3-9,13,21H,2H2,1H3. The van der Waals surface area contributed by atoms with E-state index in [9.17, 15) is 13.9 Å². The highest BCUT2D eigenvalue weighted by Gasteiger charge is 2.21. The summed E-state index contributed by atoms with van der Waals surface area (Å²) in [5, 5.41) is 10.2. The molecule has 0 amide bonds. The summed E-state index contributed by atoms with van der Waals surface area (Å²) < 4.78 is 28.5. The van der Waals surface area contributed by atoms with Crippen molar-refractivity contribution in [3.05, 3.63) is 59.9 Å². The molecule has 2 aromatic heterocycles. The number of rotatable bonds is 3. The van der Waals surface area contributed by atoms with E-state index in [1.807, 2.05) is 6.92 Å². The van der Waals surface area contributed by atoms with Crippen LogP contribution in [0.25, 0.3) is 16.9 Å². The predicted octanol–water partition coefficient (Wildman–Crippen LogP) is 3.72. The smallest absolute Gasteiger partial charge is 0.174 e. The van der Waals surface area contributed by atoms with Crippen LogP contribution in [-0.2, 0) is 0 Å². The van der Waals surface area contributed by atoms with Gasteiger partial charge in [-0.05, 0) is 42.8 Å². The van der Waals surface area contributed by atoms with Crippen molar-refractivity contribution in [1.82, 2.24) is 9.38 Å². The molecule has 1 aromatic carbocycles. The Morgan fingerprint density at radius 2 is 1.90 bits per heavy atom. The van der Waals surface area contributed by atoms with Gasteiger partial charge in [-0.3, -0.25) is 4.40 Å². The molecule has 1 atom stereocenters. The second kappa shape index (κ2) is 5.26. The highest BCUT2D eigenvalue weighted by atomic mass is 19.1. The number of pyridine rings is 1. The monoisotopic (exact) mass is 288 g/mol. The number of halogens is 2. The first kappa shape index (κ1) is 13.7. The summed E-state index contributed by atoms with van der Waals surface area (Å²) >= 11 is 0. The van der Waals surface area contributed by atoms with E-state index in [1.54, 1.807) is 28.8 Å². The fourth-order valence-electron chi connectivity index (χ4n) is 2.38. The number of fused-ring (bicyclic) bond motifs is 1. The fraction of sp³-hybridized carbons (Fsp3) is 0.188. The number of aliphatic hydroxyl groups excluding tert-OH is 1. The molecular formula is C16H14F2N2O. The molecule has 0 saturated heterocycles. The first-order valence-corrected chi connectivity index (χ1v) is 6.72. The van der Waals surface area contributed by atoms with E-state index in [0.29, 0.717) is 23.4 Å². The lowest BCUT2D eigenvalue weighted by Gasteiger charge is -2.10. The third-order valence-corrected chi connectivity index (χ3v) is 3.46. The molecule has 1 unspecified atom stereocenters. The van der Waals surface area contributed by atoms with Gasteiger partial charge in [-0.2, -0.15) is 0 Å². The van der Waals surface area contributed by atoms with Crippen LogP contribution in [0.2, 0.25) is 0 Å². The number of aromatic nitrogens is 2. The van der Waals surface area contributed by atoms with Crippen LogP contribution in [0, 0.1) is 11.6 Å².